The zero-order chi connectivity index (χ0) is 18.3. The molecule has 1 aromatic carbocycles. The number of hydrogen-bond donors (Lipinski definition) is 2. The highest BCUT2D eigenvalue weighted by molar-refractivity contribution is 5.98. The van der Waals surface area contributed by atoms with E-state index in [1.807, 2.05) is 12.2 Å². The number of nitrogens with zero attached hydrogens (tertiary/aromatic N) is 1. The first-order valence-corrected chi connectivity index (χ1v) is 7.27. The molecule has 1 atom stereocenters. The van der Waals surface area contributed by atoms with Crippen molar-refractivity contribution in [1.29, 1.82) is 0 Å². The van der Waals surface area contributed by atoms with E-state index in [0.717, 1.165) is 0 Å². The van der Waals surface area contributed by atoms with Crippen LogP contribution in [-0.2, 0) is 9.53 Å². The summed E-state index contributed by atoms with van der Waals surface area (Å²) >= 11 is 0. The number of benzene rings is 1. The number of imide groups is 1. The van der Waals surface area contributed by atoms with Crippen LogP contribution in [0.2, 0.25) is 0 Å². The molecule has 0 unspecified atom stereocenters. The Morgan fingerprint density at radius 2 is 2.00 bits per heavy atom. The van der Waals surface area contributed by atoms with Crippen molar-refractivity contribution >= 4 is 23.6 Å². The number of amides is 3. The highest BCUT2D eigenvalue weighted by atomic mass is 16.6. The Bertz CT molecular complexity index is 659. The van der Waals surface area contributed by atoms with E-state index >= 15 is 0 Å². The Hall–Kier alpha value is -2.97. The summed E-state index contributed by atoms with van der Waals surface area (Å²) in [6, 6.07) is 3.38. The first-order valence-electron chi connectivity index (χ1n) is 7.27. The van der Waals surface area contributed by atoms with Gasteiger partial charge >= 0.3 is 12.0 Å². The minimum Gasteiger partial charge on any atom is -0.452 e. The van der Waals surface area contributed by atoms with Crippen LogP contribution >= 0.6 is 0 Å². The molecule has 0 aliphatic rings. The van der Waals surface area contributed by atoms with Crippen LogP contribution in [0.1, 0.15) is 36.2 Å². The number of nitro groups is 1. The predicted octanol–water partition coefficient (Wildman–Crippen LogP) is 1.68. The molecule has 9 heteroatoms. The lowest BCUT2D eigenvalue weighted by Gasteiger charge is -2.11. The van der Waals surface area contributed by atoms with Crippen molar-refractivity contribution in [3.63, 3.8) is 0 Å². The maximum absolute atomic E-state index is 11.9. The maximum Gasteiger partial charge on any atom is 0.345 e. The molecule has 0 aromatic heterocycles. The zero-order valence-electron chi connectivity index (χ0n) is 13.6. The molecular weight excluding hydrogens is 318 g/mol. The molecule has 0 aliphatic heterocycles. The van der Waals surface area contributed by atoms with Crippen molar-refractivity contribution in [2.75, 3.05) is 6.61 Å². The Morgan fingerprint density at radius 1 is 1.33 bits per heavy atom. The van der Waals surface area contributed by atoms with Crippen molar-refractivity contribution in [2.45, 2.75) is 33.2 Å². The van der Waals surface area contributed by atoms with Crippen LogP contribution in [0.25, 0.3) is 0 Å². The number of ether oxygens (including phenoxy) is 1. The van der Waals surface area contributed by atoms with E-state index in [9.17, 15) is 24.5 Å². The lowest BCUT2D eigenvalue weighted by Crippen LogP contribution is -2.44. The van der Waals surface area contributed by atoms with Gasteiger partial charge < -0.3 is 10.1 Å². The SMILES string of the molecule is CC[C@H](C)NC(=O)NC(=O)COC(=O)c1cccc(C)c1[N+](=O)[O-]. The second kappa shape index (κ2) is 8.61. The Balaban J connectivity index is 2.64. The largest absolute Gasteiger partial charge is 0.452 e. The molecule has 24 heavy (non-hydrogen) atoms. The van der Waals surface area contributed by atoms with E-state index in [1.165, 1.54) is 25.1 Å². The Labute approximate surface area is 138 Å². The van der Waals surface area contributed by atoms with E-state index in [4.69, 9.17) is 4.74 Å². The molecule has 0 aliphatic carbocycles. The molecule has 0 bridgehead atoms. The number of nitro benzene ring substituents is 1. The number of rotatable bonds is 6. The number of nitrogens with one attached hydrogen (secondary N) is 2. The molecule has 130 valence electrons. The molecular formula is C15H19N3O6. The number of hydrogen-bond acceptors (Lipinski definition) is 6. The third-order valence-electron chi connectivity index (χ3n) is 3.22. The van der Waals surface area contributed by atoms with Crippen molar-refractivity contribution in [2.24, 2.45) is 0 Å². The Kier molecular flexibility index (Phi) is 6.84. The van der Waals surface area contributed by atoms with Gasteiger partial charge in [-0.1, -0.05) is 19.1 Å². The topological polar surface area (TPSA) is 128 Å². The average molecular weight is 337 g/mol. The van der Waals surface area contributed by atoms with Crippen LogP contribution < -0.4 is 10.6 Å². The van der Waals surface area contributed by atoms with Gasteiger partial charge in [0, 0.05) is 11.6 Å². The van der Waals surface area contributed by atoms with Gasteiger partial charge in [0.25, 0.3) is 11.6 Å². The summed E-state index contributed by atoms with van der Waals surface area (Å²) in [5.74, 6) is -1.85. The predicted molar refractivity (Wildman–Crippen MR) is 84.5 cm³/mol. The fourth-order valence-corrected chi connectivity index (χ4v) is 1.80. The van der Waals surface area contributed by atoms with Crippen LogP contribution in [0.15, 0.2) is 18.2 Å². The summed E-state index contributed by atoms with van der Waals surface area (Å²) < 4.78 is 4.73. The van der Waals surface area contributed by atoms with Gasteiger partial charge in [0.05, 0.1) is 4.92 Å². The summed E-state index contributed by atoms with van der Waals surface area (Å²) in [6.07, 6.45) is 0.688. The summed E-state index contributed by atoms with van der Waals surface area (Å²) in [4.78, 5) is 45.3. The molecule has 0 heterocycles. The fraction of sp³-hybridized carbons (Fsp3) is 0.400. The molecule has 9 nitrogen and oxygen atoms in total. The van der Waals surface area contributed by atoms with Crippen LogP contribution in [-0.4, -0.2) is 35.5 Å². The van der Waals surface area contributed by atoms with Gasteiger partial charge in [0.15, 0.2) is 6.61 Å². The lowest BCUT2D eigenvalue weighted by atomic mass is 10.1. The quantitative estimate of drug-likeness (QED) is 0.462. The van der Waals surface area contributed by atoms with Crippen LogP contribution in [0.5, 0.6) is 0 Å². The molecule has 3 amide bonds. The van der Waals surface area contributed by atoms with E-state index in [1.54, 1.807) is 6.92 Å². The molecule has 0 saturated heterocycles. The number of carbonyl (C=O) groups excluding carboxylic acids is 3. The smallest absolute Gasteiger partial charge is 0.345 e. The first kappa shape index (κ1) is 19.1. The van der Waals surface area contributed by atoms with E-state index in [2.05, 4.69) is 5.32 Å². The normalized spacial score (nSPS) is 11.3. The molecule has 2 N–H and O–H groups in total. The summed E-state index contributed by atoms with van der Waals surface area (Å²) in [5.41, 5.74) is -0.332. The standard InChI is InChI=1S/C15H19N3O6/c1-4-10(3)16-15(21)17-12(19)8-24-14(20)11-7-5-6-9(2)13(11)18(22)23/h5-7,10H,4,8H2,1-3H3,(H2,16,17,19,21)/t10-/m0/s1. The van der Waals surface area contributed by atoms with Crippen molar-refractivity contribution in [1.82, 2.24) is 10.6 Å². The maximum atomic E-state index is 11.9. The minimum absolute atomic E-state index is 0.115. The number of para-hydroxylation sites is 1. The monoisotopic (exact) mass is 337 g/mol. The highest BCUT2D eigenvalue weighted by Crippen LogP contribution is 2.23. The number of urea groups is 1. The first-order chi connectivity index (χ1) is 11.3. The number of carbonyl (C=O) groups is 3. The van der Waals surface area contributed by atoms with Gasteiger partial charge in [-0.15, -0.1) is 0 Å². The van der Waals surface area contributed by atoms with Crippen molar-refractivity contribution < 1.29 is 24.0 Å². The average Bonchev–Trinajstić information content (AvgIpc) is 2.51. The van der Waals surface area contributed by atoms with Gasteiger partial charge in [-0.3, -0.25) is 20.2 Å². The third-order valence-corrected chi connectivity index (χ3v) is 3.22. The highest BCUT2D eigenvalue weighted by Gasteiger charge is 2.24. The van der Waals surface area contributed by atoms with Crippen LogP contribution in [0.3, 0.4) is 0 Å². The Morgan fingerprint density at radius 3 is 2.58 bits per heavy atom. The van der Waals surface area contributed by atoms with Gasteiger partial charge in [-0.05, 0) is 26.3 Å². The van der Waals surface area contributed by atoms with Crippen LogP contribution in [0.4, 0.5) is 10.5 Å². The molecule has 1 aromatic rings. The van der Waals surface area contributed by atoms with Crippen molar-refractivity contribution in [3.05, 3.63) is 39.4 Å². The number of aryl methyl sites for hydroxylation is 1. The van der Waals surface area contributed by atoms with Crippen molar-refractivity contribution in [3.8, 4) is 0 Å². The molecule has 0 spiro atoms. The van der Waals surface area contributed by atoms with E-state index in [0.29, 0.717) is 12.0 Å². The molecule has 0 saturated carbocycles. The third kappa shape index (κ3) is 5.34. The van der Waals surface area contributed by atoms with E-state index in [-0.39, 0.29) is 17.3 Å². The lowest BCUT2D eigenvalue weighted by molar-refractivity contribution is -0.385. The zero-order valence-corrected chi connectivity index (χ0v) is 13.6. The van der Waals surface area contributed by atoms with Gasteiger partial charge in [0.1, 0.15) is 5.56 Å². The second-order valence-electron chi connectivity index (χ2n) is 5.14. The summed E-state index contributed by atoms with van der Waals surface area (Å²) in [5, 5.41) is 15.5. The molecule has 1 rings (SSSR count). The number of esters is 1. The summed E-state index contributed by atoms with van der Waals surface area (Å²) in [6.45, 7) is 4.39. The van der Waals surface area contributed by atoms with Gasteiger partial charge in [0.2, 0.25) is 0 Å². The fourth-order valence-electron chi connectivity index (χ4n) is 1.80. The van der Waals surface area contributed by atoms with E-state index < -0.39 is 29.4 Å². The molecule has 0 fully saturated rings. The van der Waals surface area contributed by atoms with Gasteiger partial charge in [-0.25, -0.2) is 9.59 Å². The molecule has 0 radical (unpaired) electrons. The minimum atomic E-state index is -1.01. The second-order valence-corrected chi connectivity index (χ2v) is 5.14. The summed E-state index contributed by atoms with van der Waals surface area (Å²) in [7, 11) is 0. The van der Waals surface area contributed by atoms with Crippen LogP contribution in [0, 0.1) is 17.0 Å². The van der Waals surface area contributed by atoms with Gasteiger partial charge in [-0.2, -0.15) is 0 Å².